The number of fused-ring (bicyclic) bond motifs is 1. The summed E-state index contributed by atoms with van der Waals surface area (Å²) < 4.78 is 6.44. The van der Waals surface area contributed by atoms with Gasteiger partial charge in [-0.05, 0) is 12.1 Å². The summed E-state index contributed by atoms with van der Waals surface area (Å²) in [7, 11) is 3.06. The van der Waals surface area contributed by atoms with Gasteiger partial charge in [0.25, 0.3) is 0 Å². The fourth-order valence-corrected chi connectivity index (χ4v) is 3.30. The van der Waals surface area contributed by atoms with E-state index in [0.29, 0.717) is 17.1 Å². The number of carbonyl (C=O) groups excluding carboxylic acids is 2. The predicted octanol–water partition coefficient (Wildman–Crippen LogP) is 1.47. The standard InChI is InChI=1S/C17H16N6O3/c1-23-16-13(14(22-23)9-4-3-5-18-7-9)10(6-12(24)20-16)11-8-19-21-15(11)17(25)26-2/h3-5,7-8,10H,6H2,1-2H3,(H,19,21)(H,20,24). The van der Waals surface area contributed by atoms with Gasteiger partial charge in [0, 0.05) is 48.5 Å². The molecule has 0 bridgehead atoms. The summed E-state index contributed by atoms with van der Waals surface area (Å²) in [5.41, 5.74) is 3.20. The molecule has 0 spiro atoms. The number of hydrogen-bond acceptors (Lipinski definition) is 6. The van der Waals surface area contributed by atoms with E-state index in [9.17, 15) is 9.59 Å². The topological polar surface area (TPSA) is 115 Å². The van der Waals surface area contributed by atoms with Crippen molar-refractivity contribution in [2.45, 2.75) is 12.3 Å². The number of anilines is 1. The number of rotatable bonds is 3. The van der Waals surface area contributed by atoms with Crippen LogP contribution in [0.4, 0.5) is 5.82 Å². The summed E-state index contributed by atoms with van der Waals surface area (Å²) in [6, 6.07) is 3.73. The van der Waals surface area contributed by atoms with Crippen LogP contribution >= 0.6 is 0 Å². The Morgan fingerprint density at radius 1 is 1.38 bits per heavy atom. The zero-order chi connectivity index (χ0) is 18.3. The number of H-pyrrole nitrogens is 1. The Morgan fingerprint density at radius 3 is 2.96 bits per heavy atom. The summed E-state index contributed by atoms with van der Waals surface area (Å²) in [6.45, 7) is 0. The van der Waals surface area contributed by atoms with Crippen molar-refractivity contribution < 1.29 is 14.3 Å². The van der Waals surface area contributed by atoms with Crippen molar-refractivity contribution in [2.75, 3.05) is 12.4 Å². The Bertz CT molecular complexity index is 991. The smallest absolute Gasteiger partial charge is 0.356 e. The highest BCUT2D eigenvalue weighted by molar-refractivity contribution is 5.97. The number of aryl methyl sites for hydroxylation is 1. The number of aromatic amines is 1. The van der Waals surface area contributed by atoms with E-state index in [4.69, 9.17) is 4.74 Å². The van der Waals surface area contributed by atoms with Crippen LogP contribution in [0.5, 0.6) is 0 Å². The van der Waals surface area contributed by atoms with Crippen LogP contribution < -0.4 is 5.32 Å². The van der Waals surface area contributed by atoms with Crippen molar-refractivity contribution >= 4 is 17.7 Å². The second-order valence-corrected chi connectivity index (χ2v) is 5.97. The maximum absolute atomic E-state index is 12.3. The first-order valence-electron chi connectivity index (χ1n) is 7.99. The Balaban J connectivity index is 1.92. The van der Waals surface area contributed by atoms with Crippen LogP contribution in [-0.2, 0) is 16.6 Å². The Morgan fingerprint density at radius 2 is 2.23 bits per heavy atom. The average Bonchev–Trinajstić information content (AvgIpc) is 3.27. The van der Waals surface area contributed by atoms with Crippen LogP contribution in [0.15, 0.2) is 30.7 Å². The third-order valence-corrected chi connectivity index (χ3v) is 4.45. The number of nitrogens with zero attached hydrogens (tertiary/aromatic N) is 4. The molecule has 0 aromatic carbocycles. The number of pyridine rings is 1. The number of methoxy groups -OCH3 is 1. The monoisotopic (exact) mass is 352 g/mol. The van der Waals surface area contributed by atoms with E-state index in [0.717, 1.165) is 11.1 Å². The molecule has 9 heteroatoms. The highest BCUT2D eigenvalue weighted by Gasteiger charge is 2.36. The van der Waals surface area contributed by atoms with E-state index < -0.39 is 5.97 Å². The Hall–Kier alpha value is -3.49. The molecule has 0 radical (unpaired) electrons. The molecule has 26 heavy (non-hydrogen) atoms. The number of esters is 1. The van der Waals surface area contributed by atoms with Crippen molar-refractivity contribution in [1.29, 1.82) is 0 Å². The van der Waals surface area contributed by atoms with Gasteiger partial charge in [0.1, 0.15) is 11.5 Å². The molecule has 1 aliphatic heterocycles. The summed E-state index contributed by atoms with van der Waals surface area (Å²) >= 11 is 0. The molecule has 0 saturated heterocycles. The Labute approximate surface area is 148 Å². The van der Waals surface area contributed by atoms with Crippen molar-refractivity contribution in [1.82, 2.24) is 25.0 Å². The van der Waals surface area contributed by atoms with Crippen LogP contribution in [0.2, 0.25) is 0 Å². The van der Waals surface area contributed by atoms with E-state index in [1.54, 1.807) is 30.3 Å². The van der Waals surface area contributed by atoms with Crippen molar-refractivity contribution in [3.05, 3.63) is 47.5 Å². The maximum atomic E-state index is 12.3. The molecule has 0 fully saturated rings. The average molecular weight is 352 g/mol. The minimum atomic E-state index is -0.531. The number of nitrogens with one attached hydrogen (secondary N) is 2. The molecule has 4 rings (SSSR count). The lowest BCUT2D eigenvalue weighted by Crippen LogP contribution is -2.25. The molecular weight excluding hydrogens is 336 g/mol. The van der Waals surface area contributed by atoms with Crippen molar-refractivity contribution in [3.8, 4) is 11.3 Å². The molecule has 4 heterocycles. The molecule has 132 valence electrons. The van der Waals surface area contributed by atoms with Gasteiger partial charge in [-0.2, -0.15) is 10.2 Å². The third-order valence-electron chi connectivity index (χ3n) is 4.45. The molecule has 3 aromatic rings. The van der Waals surface area contributed by atoms with Crippen LogP contribution in [0, 0.1) is 0 Å². The largest absolute Gasteiger partial charge is 0.464 e. The molecule has 0 saturated carbocycles. The quantitative estimate of drug-likeness (QED) is 0.690. The molecule has 2 N–H and O–H groups in total. The first kappa shape index (κ1) is 16.0. The lowest BCUT2D eigenvalue weighted by Gasteiger charge is -2.23. The molecule has 3 aromatic heterocycles. The number of hydrogen-bond donors (Lipinski definition) is 2. The van der Waals surface area contributed by atoms with Crippen LogP contribution in [0.1, 0.15) is 34.0 Å². The van der Waals surface area contributed by atoms with Crippen LogP contribution in [-0.4, -0.2) is 43.9 Å². The SMILES string of the molecule is COC(=O)c1[nH]ncc1C1CC(=O)Nc2c1c(-c1cccnc1)nn2C. The van der Waals surface area contributed by atoms with E-state index in [-0.39, 0.29) is 23.9 Å². The highest BCUT2D eigenvalue weighted by atomic mass is 16.5. The fourth-order valence-electron chi connectivity index (χ4n) is 3.30. The van der Waals surface area contributed by atoms with Crippen LogP contribution in [0.3, 0.4) is 0 Å². The number of ether oxygens (including phenoxy) is 1. The summed E-state index contributed by atoms with van der Waals surface area (Å²) in [5, 5.41) is 14.1. The second-order valence-electron chi connectivity index (χ2n) is 5.97. The summed E-state index contributed by atoms with van der Waals surface area (Å²) in [5.74, 6) is -0.463. The second kappa shape index (κ2) is 6.10. The third kappa shape index (κ3) is 2.44. The van der Waals surface area contributed by atoms with Gasteiger partial charge in [-0.25, -0.2) is 4.79 Å². The normalized spacial score (nSPS) is 16.1. The fraction of sp³-hybridized carbons (Fsp3) is 0.235. The zero-order valence-electron chi connectivity index (χ0n) is 14.2. The van der Waals surface area contributed by atoms with Gasteiger partial charge in [0.15, 0.2) is 0 Å². The highest BCUT2D eigenvalue weighted by Crippen LogP contribution is 2.43. The van der Waals surface area contributed by atoms with Gasteiger partial charge in [-0.15, -0.1) is 0 Å². The zero-order valence-corrected chi connectivity index (χ0v) is 14.2. The van der Waals surface area contributed by atoms with Gasteiger partial charge < -0.3 is 10.1 Å². The molecule has 1 aliphatic rings. The predicted molar refractivity (Wildman–Crippen MR) is 91.5 cm³/mol. The molecule has 9 nitrogen and oxygen atoms in total. The van der Waals surface area contributed by atoms with Crippen LogP contribution in [0.25, 0.3) is 11.3 Å². The number of aromatic nitrogens is 5. The first-order valence-corrected chi connectivity index (χ1v) is 7.99. The van der Waals surface area contributed by atoms with Gasteiger partial charge in [0.05, 0.1) is 19.0 Å². The van der Waals surface area contributed by atoms with Crippen molar-refractivity contribution in [3.63, 3.8) is 0 Å². The maximum Gasteiger partial charge on any atom is 0.356 e. The van der Waals surface area contributed by atoms with E-state index in [1.807, 2.05) is 12.1 Å². The number of amides is 1. The lowest BCUT2D eigenvalue weighted by atomic mass is 9.84. The Kier molecular flexibility index (Phi) is 3.76. The molecule has 1 atom stereocenters. The van der Waals surface area contributed by atoms with Gasteiger partial charge >= 0.3 is 5.97 Å². The summed E-state index contributed by atoms with van der Waals surface area (Å²) in [6.07, 6.45) is 5.13. The van der Waals surface area contributed by atoms with E-state index in [1.165, 1.54) is 7.11 Å². The first-order chi connectivity index (χ1) is 12.6. The van der Waals surface area contributed by atoms with E-state index >= 15 is 0 Å². The molecule has 1 amide bonds. The molecule has 1 unspecified atom stereocenters. The summed E-state index contributed by atoms with van der Waals surface area (Å²) in [4.78, 5) is 28.5. The van der Waals surface area contributed by atoms with E-state index in [2.05, 4.69) is 25.6 Å². The van der Waals surface area contributed by atoms with Gasteiger partial charge in [-0.1, -0.05) is 0 Å². The van der Waals surface area contributed by atoms with Crippen molar-refractivity contribution in [2.24, 2.45) is 7.05 Å². The molecular formula is C17H16N6O3. The minimum Gasteiger partial charge on any atom is -0.464 e. The van der Waals surface area contributed by atoms with Gasteiger partial charge in [0.2, 0.25) is 5.91 Å². The van der Waals surface area contributed by atoms with Gasteiger partial charge in [-0.3, -0.25) is 19.6 Å². The lowest BCUT2D eigenvalue weighted by molar-refractivity contribution is -0.116. The molecule has 0 aliphatic carbocycles. The number of carbonyl (C=O) groups is 2. The minimum absolute atomic E-state index is 0.153.